The van der Waals surface area contributed by atoms with E-state index in [1.807, 2.05) is 18.2 Å². The first kappa shape index (κ1) is 21.3. The maximum Gasteiger partial charge on any atom is 0.272 e. The molecule has 9 heteroatoms. The van der Waals surface area contributed by atoms with Gasteiger partial charge < -0.3 is 15.4 Å². The summed E-state index contributed by atoms with van der Waals surface area (Å²) in [7, 11) is 0. The van der Waals surface area contributed by atoms with Gasteiger partial charge in [-0.1, -0.05) is 34.1 Å². The normalized spacial score (nSPS) is 10.3. The molecule has 8 nitrogen and oxygen atoms in total. The highest BCUT2D eigenvalue weighted by atomic mass is 79.9. The molecule has 0 saturated heterocycles. The van der Waals surface area contributed by atoms with Crippen LogP contribution in [0.15, 0.2) is 76.0 Å². The number of nitrogens with one attached hydrogen (secondary N) is 2. The summed E-state index contributed by atoms with van der Waals surface area (Å²) in [4.78, 5) is 36.3. The zero-order valence-corrected chi connectivity index (χ0v) is 17.5. The first-order valence-corrected chi connectivity index (χ1v) is 9.90. The highest BCUT2D eigenvalue weighted by Crippen LogP contribution is 2.13. The number of hydrogen-bond acceptors (Lipinski definition) is 5. The molecule has 154 valence electrons. The molecule has 30 heavy (non-hydrogen) atoms. The van der Waals surface area contributed by atoms with Gasteiger partial charge in [0.05, 0.1) is 13.1 Å². The summed E-state index contributed by atoms with van der Waals surface area (Å²) in [5, 5.41) is 9.21. The Morgan fingerprint density at radius 1 is 1.00 bits per heavy atom. The Morgan fingerprint density at radius 2 is 1.73 bits per heavy atom. The van der Waals surface area contributed by atoms with Crippen molar-refractivity contribution in [1.29, 1.82) is 0 Å². The van der Waals surface area contributed by atoms with Crippen LogP contribution in [0.4, 0.5) is 5.69 Å². The molecule has 0 unspecified atom stereocenters. The van der Waals surface area contributed by atoms with Crippen LogP contribution >= 0.6 is 15.9 Å². The Bertz CT molecular complexity index is 1070. The first-order chi connectivity index (χ1) is 14.5. The minimum absolute atomic E-state index is 0.0331. The van der Waals surface area contributed by atoms with E-state index in [0.29, 0.717) is 11.4 Å². The molecule has 1 heterocycles. The second kappa shape index (κ2) is 10.4. The summed E-state index contributed by atoms with van der Waals surface area (Å²) in [5.41, 5.74) is 0.296. The van der Waals surface area contributed by atoms with E-state index in [0.717, 1.165) is 9.15 Å². The molecule has 0 aliphatic heterocycles. The molecule has 0 spiro atoms. The number of nitrogens with zero attached hydrogens (tertiary/aromatic N) is 2. The van der Waals surface area contributed by atoms with Gasteiger partial charge in [-0.15, -0.1) is 0 Å². The summed E-state index contributed by atoms with van der Waals surface area (Å²) < 4.78 is 7.60. The molecule has 3 aromatic rings. The average Bonchev–Trinajstić information content (AvgIpc) is 2.76. The fourth-order valence-corrected chi connectivity index (χ4v) is 2.75. The third-order valence-corrected chi connectivity index (χ3v) is 4.48. The lowest BCUT2D eigenvalue weighted by molar-refractivity contribution is -0.115. The van der Waals surface area contributed by atoms with E-state index < -0.39 is 5.91 Å². The van der Waals surface area contributed by atoms with Gasteiger partial charge in [-0.3, -0.25) is 14.4 Å². The Hall–Kier alpha value is -3.46. The number of carbonyl (C=O) groups is 2. The Morgan fingerprint density at radius 3 is 2.47 bits per heavy atom. The number of para-hydroxylation sites is 1. The summed E-state index contributed by atoms with van der Waals surface area (Å²) in [5.74, 6) is -0.259. The summed E-state index contributed by atoms with van der Waals surface area (Å²) >= 11 is 3.32. The van der Waals surface area contributed by atoms with Crippen LogP contribution in [0.1, 0.15) is 10.5 Å². The summed E-state index contributed by atoms with van der Waals surface area (Å²) in [6, 6.07) is 18.8. The van der Waals surface area contributed by atoms with E-state index in [1.54, 1.807) is 36.4 Å². The molecular formula is C21H19BrN4O4. The second-order valence-corrected chi connectivity index (χ2v) is 7.09. The van der Waals surface area contributed by atoms with Crippen LogP contribution in [0.5, 0.6) is 5.75 Å². The van der Waals surface area contributed by atoms with Gasteiger partial charge in [0, 0.05) is 16.2 Å². The smallest absolute Gasteiger partial charge is 0.272 e. The molecule has 2 aromatic carbocycles. The number of hydrogen-bond donors (Lipinski definition) is 2. The SMILES string of the molecule is O=C(CNC(=O)c1ccc(=O)n(CCOc2ccccc2)n1)Nc1ccc(Br)cc1. The van der Waals surface area contributed by atoms with E-state index >= 15 is 0 Å². The lowest BCUT2D eigenvalue weighted by Crippen LogP contribution is -2.35. The van der Waals surface area contributed by atoms with Gasteiger partial charge in [0.15, 0.2) is 0 Å². The summed E-state index contributed by atoms with van der Waals surface area (Å²) in [6.45, 7) is 0.170. The van der Waals surface area contributed by atoms with Crippen LogP contribution in [0.3, 0.4) is 0 Å². The van der Waals surface area contributed by atoms with E-state index in [9.17, 15) is 14.4 Å². The van der Waals surface area contributed by atoms with Crippen molar-refractivity contribution >= 4 is 33.4 Å². The Labute approximate surface area is 181 Å². The van der Waals surface area contributed by atoms with Gasteiger partial charge in [0.2, 0.25) is 5.91 Å². The minimum Gasteiger partial charge on any atom is -0.492 e. The van der Waals surface area contributed by atoms with Crippen molar-refractivity contribution in [3.63, 3.8) is 0 Å². The quantitative estimate of drug-likeness (QED) is 0.526. The topological polar surface area (TPSA) is 102 Å². The van der Waals surface area contributed by atoms with Crippen molar-refractivity contribution in [2.75, 3.05) is 18.5 Å². The molecule has 0 fully saturated rings. The number of anilines is 1. The van der Waals surface area contributed by atoms with Crippen molar-refractivity contribution in [3.8, 4) is 5.75 Å². The van der Waals surface area contributed by atoms with E-state index in [2.05, 4.69) is 31.7 Å². The second-order valence-electron chi connectivity index (χ2n) is 6.18. The standard InChI is InChI=1S/C21H19BrN4O4/c22-15-6-8-16(9-7-15)24-19(27)14-23-21(29)18-10-11-20(28)26(25-18)12-13-30-17-4-2-1-3-5-17/h1-11H,12-14H2,(H,23,29)(H,24,27). The average molecular weight is 471 g/mol. The number of halogens is 1. The fraction of sp³-hybridized carbons (Fsp3) is 0.143. The molecule has 0 radical (unpaired) electrons. The number of benzene rings is 2. The molecule has 0 aliphatic rings. The van der Waals surface area contributed by atoms with E-state index in [1.165, 1.54) is 12.1 Å². The van der Waals surface area contributed by atoms with Gasteiger partial charge in [0.1, 0.15) is 18.1 Å². The number of ether oxygens (including phenoxy) is 1. The van der Waals surface area contributed by atoms with Crippen LogP contribution < -0.4 is 20.9 Å². The van der Waals surface area contributed by atoms with Crippen LogP contribution in [-0.4, -0.2) is 34.7 Å². The lowest BCUT2D eigenvalue weighted by Gasteiger charge is -2.09. The number of aromatic nitrogens is 2. The van der Waals surface area contributed by atoms with Crippen LogP contribution in [0.25, 0.3) is 0 Å². The Balaban J connectivity index is 1.52. The molecular weight excluding hydrogens is 452 g/mol. The predicted octanol–water partition coefficient (Wildman–Crippen LogP) is 2.45. The maximum atomic E-state index is 12.3. The van der Waals surface area contributed by atoms with Gasteiger partial charge in [0.25, 0.3) is 11.5 Å². The number of carbonyl (C=O) groups excluding carboxylic acids is 2. The van der Waals surface area contributed by atoms with Gasteiger partial charge >= 0.3 is 0 Å². The lowest BCUT2D eigenvalue weighted by atomic mass is 10.3. The fourth-order valence-electron chi connectivity index (χ4n) is 2.49. The van der Waals surface area contributed by atoms with Gasteiger partial charge in [-0.25, -0.2) is 4.68 Å². The van der Waals surface area contributed by atoms with Crippen molar-refractivity contribution in [1.82, 2.24) is 15.1 Å². The van der Waals surface area contributed by atoms with Crippen LogP contribution in [0.2, 0.25) is 0 Å². The zero-order chi connectivity index (χ0) is 21.3. The monoisotopic (exact) mass is 470 g/mol. The highest BCUT2D eigenvalue weighted by molar-refractivity contribution is 9.10. The molecule has 0 saturated carbocycles. The van der Waals surface area contributed by atoms with Gasteiger partial charge in [-0.2, -0.15) is 5.10 Å². The van der Waals surface area contributed by atoms with Crippen molar-refractivity contribution in [2.24, 2.45) is 0 Å². The summed E-state index contributed by atoms with van der Waals surface area (Å²) in [6.07, 6.45) is 0. The van der Waals surface area contributed by atoms with Crippen molar-refractivity contribution < 1.29 is 14.3 Å². The van der Waals surface area contributed by atoms with Crippen LogP contribution in [-0.2, 0) is 11.3 Å². The highest BCUT2D eigenvalue weighted by Gasteiger charge is 2.11. The maximum absolute atomic E-state index is 12.3. The van der Waals surface area contributed by atoms with E-state index in [-0.39, 0.29) is 36.9 Å². The third-order valence-electron chi connectivity index (χ3n) is 3.95. The molecule has 0 atom stereocenters. The van der Waals surface area contributed by atoms with Crippen LogP contribution in [0, 0.1) is 0 Å². The number of rotatable bonds is 8. The van der Waals surface area contributed by atoms with Gasteiger partial charge in [-0.05, 0) is 42.5 Å². The predicted molar refractivity (Wildman–Crippen MR) is 116 cm³/mol. The third kappa shape index (κ3) is 6.28. The first-order valence-electron chi connectivity index (χ1n) is 9.11. The van der Waals surface area contributed by atoms with Crippen molar-refractivity contribution in [2.45, 2.75) is 6.54 Å². The molecule has 0 aliphatic carbocycles. The minimum atomic E-state index is -0.557. The largest absolute Gasteiger partial charge is 0.492 e. The molecule has 2 N–H and O–H groups in total. The Kier molecular flexibility index (Phi) is 7.34. The molecule has 3 rings (SSSR count). The van der Waals surface area contributed by atoms with Crippen molar-refractivity contribution in [3.05, 3.63) is 87.3 Å². The molecule has 1 aromatic heterocycles. The zero-order valence-electron chi connectivity index (χ0n) is 15.9. The number of amides is 2. The molecule has 0 bridgehead atoms. The molecule has 2 amide bonds. The van der Waals surface area contributed by atoms with E-state index in [4.69, 9.17) is 4.74 Å².